The Bertz CT molecular complexity index is 483. The van der Waals surface area contributed by atoms with Crippen molar-refractivity contribution in [3.8, 4) is 0 Å². The van der Waals surface area contributed by atoms with Crippen LogP contribution in [0.5, 0.6) is 0 Å². The molecule has 0 aliphatic carbocycles. The molecule has 1 aliphatic heterocycles. The van der Waals surface area contributed by atoms with Gasteiger partial charge in [0.2, 0.25) is 5.91 Å². The second-order valence-electron chi connectivity index (χ2n) is 5.71. The monoisotopic (exact) mass is 385 g/mol. The van der Waals surface area contributed by atoms with Crippen molar-refractivity contribution in [2.24, 2.45) is 11.7 Å². The number of thioether (sulfide) groups is 1. The van der Waals surface area contributed by atoms with Crippen LogP contribution in [-0.2, 0) is 4.79 Å². The minimum Gasteiger partial charge on any atom is -0.371 e. The molecule has 0 saturated carbocycles. The standard InChI is InChI=1S/C16H24BrN3OS/c1-22-9-7-15(18)16(21)19-10-12-6-8-20(11-12)14-4-2-13(17)3-5-14/h2-5,12,15H,6-11,18H2,1H3,(H,19,21)/t12?,15-/m0/s1. The van der Waals surface area contributed by atoms with E-state index in [1.165, 1.54) is 5.69 Å². The normalized spacial score (nSPS) is 19.2. The van der Waals surface area contributed by atoms with Gasteiger partial charge in [-0.1, -0.05) is 15.9 Å². The van der Waals surface area contributed by atoms with Gasteiger partial charge in [-0.05, 0) is 55.0 Å². The number of hydrogen-bond donors (Lipinski definition) is 2. The summed E-state index contributed by atoms with van der Waals surface area (Å²) in [7, 11) is 0. The van der Waals surface area contributed by atoms with Gasteiger partial charge in [-0.25, -0.2) is 0 Å². The van der Waals surface area contributed by atoms with Crippen molar-refractivity contribution in [2.45, 2.75) is 18.9 Å². The lowest BCUT2D eigenvalue weighted by molar-refractivity contribution is -0.122. The zero-order valence-corrected chi connectivity index (χ0v) is 15.3. The van der Waals surface area contributed by atoms with Gasteiger partial charge in [0.1, 0.15) is 0 Å². The number of anilines is 1. The van der Waals surface area contributed by atoms with Gasteiger partial charge >= 0.3 is 0 Å². The van der Waals surface area contributed by atoms with Gasteiger partial charge in [0.05, 0.1) is 6.04 Å². The van der Waals surface area contributed by atoms with E-state index in [2.05, 4.69) is 50.4 Å². The lowest BCUT2D eigenvalue weighted by Crippen LogP contribution is -2.43. The maximum Gasteiger partial charge on any atom is 0.236 e. The van der Waals surface area contributed by atoms with Crippen LogP contribution in [0, 0.1) is 5.92 Å². The van der Waals surface area contributed by atoms with Crippen molar-refractivity contribution in [1.82, 2.24) is 5.32 Å². The number of carbonyl (C=O) groups is 1. The summed E-state index contributed by atoms with van der Waals surface area (Å²) in [6.45, 7) is 2.75. The molecule has 1 amide bonds. The van der Waals surface area contributed by atoms with Gasteiger partial charge < -0.3 is 16.0 Å². The molecule has 0 bridgehead atoms. The highest BCUT2D eigenvalue weighted by molar-refractivity contribution is 9.10. The summed E-state index contributed by atoms with van der Waals surface area (Å²) in [5, 5.41) is 3.01. The molecule has 1 unspecified atom stereocenters. The van der Waals surface area contributed by atoms with Crippen LogP contribution in [0.3, 0.4) is 0 Å². The number of nitrogens with zero attached hydrogens (tertiary/aromatic N) is 1. The van der Waals surface area contributed by atoms with Crippen LogP contribution in [0.2, 0.25) is 0 Å². The first-order valence-electron chi connectivity index (χ1n) is 7.63. The average Bonchev–Trinajstić information content (AvgIpc) is 2.99. The quantitative estimate of drug-likeness (QED) is 0.756. The Balaban J connectivity index is 1.74. The van der Waals surface area contributed by atoms with Crippen molar-refractivity contribution in [2.75, 3.05) is 36.5 Å². The molecule has 1 fully saturated rings. The predicted octanol–water partition coefficient (Wildman–Crippen LogP) is 2.47. The highest BCUT2D eigenvalue weighted by Gasteiger charge is 2.23. The summed E-state index contributed by atoms with van der Waals surface area (Å²) in [6, 6.07) is 8.01. The summed E-state index contributed by atoms with van der Waals surface area (Å²) >= 11 is 5.18. The number of nitrogens with one attached hydrogen (secondary N) is 1. The summed E-state index contributed by atoms with van der Waals surface area (Å²) < 4.78 is 1.10. The Morgan fingerprint density at radius 1 is 1.50 bits per heavy atom. The van der Waals surface area contributed by atoms with E-state index < -0.39 is 0 Å². The lowest BCUT2D eigenvalue weighted by Gasteiger charge is -2.19. The second-order valence-corrected chi connectivity index (χ2v) is 7.61. The molecular weight excluding hydrogens is 362 g/mol. The fourth-order valence-electron chi connectivity index (χ4n) is 2.64. The summed E-state index contributed by atoms with van der Waals surface area (Å²) in [5.74, 6) is 1.41. The van der Waals surface area contributed by atoms with Gasteiger partial charge in [-0.15, -0.1) is 0 Å². The van der Waals surface area contributed by atoms with Crippen LogP contribution in [-0.4, -0.2) is 43.6 Å². The fourth-order valence-corrected chi connectivity index (χ4v) is 3.39. The third-order valence-corrected chi connectivity index (χ3v) is 5.18. The summed E-state index contributed by atoms with van der Waals surface area (Å²) in [5.41, 5.74) is 7.12. The summed E-state index contributed by atoms with van der Waals surface area (Å²) in [4.78, 5) is 14.3. The van der Waals surface area contributed by atoms with Crippen molar-refractivity contribution < 1.29 is 4.79 Å². The Labute approximate surface area is 145 Å². The first kappa shape index (κ1) is 17.6. The Morgan fingerprint density at radius 3 is 2.91 bits per heavy atom. The zero-order chi connectivity index (χ0) is 15.9. The highest BCUT2D eigenvalue weighted by atomic mass is 79.9. The molecule has 1 aromatic carbocycles. The number of halogens is 1. The fraction of sp³-hybridized carbons (Fsp3) is 0.562. The van der Waals surface area contributed by atoms with Gasteiger partial charge in [-0.3, -0.25) is 4.79 Å². The molecule has 22 heavy (non-hydrogen) atoms. The molecule has 1 aliphatic rings. The third-order valence-electron chi connectivity index (χ3n) is 4.01. The molecule has 0 aromatic heterocycles. The summed E-state index contributed by atoms with van der Waals surface area (Å²) in [6.07, 6.45) is 3.87. The van der Waals surface area contributed by atoms with Gasteiger partial charge in [0.25, 0.3) is 0 Å². The molecule has 3 N–H and O–H groups in total. The third kappa shape index (κ3) is 5.18. The van der Waals surface area contributed by atoms with Crippen LogP contribution in [0.4, 0.5) is 5.69 Å². The number of rotatable bonds is 7. The van der Waals surface area contributed by atoms with Crippen molar-refractivity contribution >= 4 is 39.3 Å². The molecule has 0 spiro atoms. The van der Waals surface area contributed by atoms with E-state index in [0.717, 1.165) is 42.7 Å². The van der Waals surface area contributed by atoms with Crippen molar-refractivity contribution in [3.63, 3.8) is 0 Å². The van der Waals surface area contributed by atoms with Crippen LogP contribution in [0.1, 0.15) is 12.8 Å². The van der Waals surface area contributed by atoms with Gasteiger partial charge in [0, 0.05) is 29.8 Å². The maximum atomic E-state index is 11.9. The number of amides is 1. The van der Waals surface area contributed by atoms with Gasteiger partial charge in [0.15, 0.2) is 0 Å². The minimum atomic E-state index is -0.378. The number of benzene rings is 1. The van der Waals surface area contributed by atoms with Crippen LogP contribution in [0.15, 0.2) is 28.7 Å². The molecule has 4 nitrogen and oxygen atoms in total. The van der Waals surface area contributed by atoms with E-state index in [1.807, 2.05) is 6.26 Å². The molecule has 2 atom stereocenters. The maximum absolute atomic E-state index is 11.9. The van der Waals surface area contributed by atoms with E-state index in [9.17, 15) is 4.79 Å². The largest absolute Gasteiger partial charge is 0.371 e. The molecular formula is C16H24BrN3OS. The first-order chi connectivity index (χ1) is 10.6. The van der Waals surface area contributed by atoms with Crippen LogP contribution in [0.25, 0.3) is 0 Å². The Hall–Kier alpha value is -0.720. The number of nitrogens with two attached hydrogens (primary N) is 1. The molecule has 1 aromatic rings. The molecule has 1 heterocycles. The Morgan fingerprint density at radius 2 is 2.23 bits per heavy atom. The topological polar surface area (TPSA) is 58.4 Å². The molecule has 0 radical (unpaired) electrons. The predicted molar refractivity (Wildman–Crippen MR) is 98.4 cm³/mol. The number of hydrogen-bond acceptors (Lipinski definition) is 4. The average molecular weight is 386 g/mol. The highest BCUT2D eigenvalue weighted by Crippen LogP contribution is 2.24. The van der Waals surface area contributed by atoms with Gasteiger partial charge in [-0.2, -0.15) is 11.8 Å². The van der Waals surface area contributed by atoms with Crippen LogP contribution < -0.4 is 16.0 Å². The van der Waals surface area contributed by atoms with Crippen molar-refractivity contribution in [3.05, 3.63) is 28.7 Å². The van der Waals surface area contributed by atoms with E-state index in [0.29, 0.717) is 5.92 Å². The van der Waals surface area contributed by atoms with E-state index in [4.69, 9.17) is 5.73 Å². The molecule has 6 heteroatoms. The van der Waals surface area contributed by atoms with Crippen molar-refractivity contribution in [1.29, 1.82) is 0 Å². The minimum absolute atomic E-state index is 0.0175. The first-order valence-corrected chi connectivity index (χ1v) is 9.81. The van der Waals surface area contributed by atoms with E-state index in [-0.39, 0.29) is 11.9 Å². The molecule has 122 valence electrons. The number of carbonyl (C=O) groups excluding carboxylic acids is 1. The zero-order valence-electron chi connectivity index (χ0n) is 12.9. The van der Waals surface area contributed by atoms with E-state index >= 15 is 0 Å². The second kappa shape index (κ2) is 8.79. The lowest BCUT2D eigenvalue weighted by atomic mass is 10.1. The van der Waals surface area contributed by atoms with E-state index in [1.54, 1.807) is 11.8 Å². The smallest absolute Gasteiger partial charge is 0.236 e. The van der Waals surface area contributed by atoms with Crippen LogP contribution >= 0.6 is 27.7 Å². The molecule has 1 saturated heterocycles. The SMILES string of the molecule is CSCC[C@H](N)C(=O)NCC1CCN(c2ccc(Br)cc2)C1. The Kier molecular flexibility index (Phi) is 7.05. The molecule has 2 rings (SSSR count).